The molecule has 0 spiro atoms. The van der Waals surface area contributed by atoms with Crippen LogP contribution in [-0.4, -0.2) is 47.4 Å². The molecular formula is C9H23NO5Si. The predicted octanol–water partition coefficient (Wildman–Crippen LogP) is 1.34. The standard InChI is InChI=1S/C9H23NO5Si/c1-8(2)14-10(15-9(3)4)16(11-5,12-6)13-7/h8-9H,1-7H3. The molecule has 0 aromatic carbocycles. The molecule has 0 aromatic rings. The van der Waals surface area contributed by atoms with Crippen LogP contribution in [0.5, 0.6) is 0 Å². The number of rotatable bonds is 8. The molecule has 0 N–H and O–H groups in total. The van der Waals surface area contributed by atoms with E-state index >= 15 is 0 Å². The minimum absolute atomic E-state index is 0.0638. The largest absolute Gasteiger partial charge is 0.649 e. The quantitative estimate of drug-likeness (QED) is 0.480. The van der Waals surface area contributed by atoms with Crippen LogP contribution in [0.3, 0.4) is 0 Å². The van der Waals surface area contributed by atoms with Crippen molar-refractivity contribution < 1.29 is 23.0 Å². The van der Waals surface area contributed by atoms with E-state index in [1.54, 1.807) is 0 Å². The summed E-state index contributed by atoms with van der Waals surface area (Å²) in [4.78, 5) is 12.2. The first-order chi connectivity index (χ1) is 7.41. The molecule has 98 valence electrons. The van der Waals surface area contributed by atoms with Gasteiger partial charge in [-0.1, -0.05) is 0 Å². The van der Waals surface area contributed by atoms with Gasteiger partial charge in [-0.2, -0.15) is 0 Å². The zero-order valence-corrected chi connectivity index (χ0v) is 12.1. The summed E-state index contributed by atoms with van der Waals surface area (Å²) in [6.07, 6.45) is -0.128. The molecule has 0 aliphatic heterocycles. The highest BCUT2D eigenvalue weighted by molar-refractivity contribution is 6.56. The van der Waals surface area contributed by atoms with Gasteiger partial charge in [0.1, 0.15) is 0 Å². The summed E-state index contributed by atoms with van der Waals surface area (Å²) >= 11 is 0. The second-order valence-electron chi connectivity index (χ2n) is 3.70. The van der Waals surface area contributed by atoms with Crippen molar-refractivity contribution in [3.63, 3.8) is 0 Å². The minimum atomic E-state index is -3.08. The van der Waals surface area contributed by atoms with E-state index in [9.17, 15) is 0 Å². The Morgan fingerprint density at radius 3 is 1.25 bits per heavy atom. The molecular weight excluding hydrogens is 230 g/mol. The molecule has 0 radical (unpaired) electrons. The highest BCUT2D eigenvalue weighted by Crippen LogP contribution is 2.17. The molecule has 0 aliphatic carbocycles. The van der Waals surface area contributed by atoms with E-state index in [1.807, 2.05) is 27.7 Å². The molecule has 0 saturated carbocycles. The van der Waals surface area contributed by atoms with Crippen molar-refractivity contribution in [1.82, 2.24) is 4.89 Å². The third-order valence-corrected chi connectivity index (χ3v) is 3.82. The highest BCUT2D eigenvalue weighted by atomic mass is 28.4. The van der Waals surface area contributed by atoms with Crippen molar-refractivity contribution >= 4 is 8.97 Å². The van der Waals surface area contributed by atoms with Crippen LogP contribution in [0.4, 0.5) is 0 Å². The summed E-state index contributed by atoms with van der Waals surface area (Å²) in [6.45, 7) is 7.54. The van der Waals surface area contributed by atoms with E-state index < -0.39 is 8.97 Å². The van der Waals surface area contributed by atoms with Gasteiger partial charge in [-0.05, 0) is 32.6 Å². The Labute approximate surface area is 98.7 Å². The molecule has 0 unspecified atom stereocenters. The predicted molar refractivity (Wildman–Crippen MR) is 61.1 cm³/mol. The molecule has 0 heterocycles. The highest BCUT2D eigenvalue weighted by Gasteiger charge is 2.51. The van der Waals surface area contributed by atoms with Crippen molar-refractivity contribution in [3.05, 3.63) is 0 Å². The van der Waals surface area contributed by atoms with Crippen LogP contribution in [0.1, 0.15) is 27.7 Å². The maximum absolute atomic E-state index is 5.50. The van der Waals surface area contributed by atoms with E-state index in [0.717, 1.165) is 0 Å². The molecule has 16 heavy (non-hydrogen) atoms. The van der Waals surface area contributed by atoms with Gasteiger partial charge < -0.3 is 13.3 Å². The van der Waals surface area contributed by atoms with Gasteiger partial charge >= 0.3 is 8.97 Å². The molecule has 0 rings (SSSR count). The summed E-state index contributed by atoms with van der Waals surface area (Å²) in [5, 5.41) is 0. The van der Waals surface area contributed by atoms with Crippen LogP contribution in [0.2, 0.25) is 0 Å². The van der Waals surface area contributed by atoms with E-state index in [-0.39, 0.29) is 12.2 Å². The molecule has 0 atom stereocenters. The second kappa shape index (κ2) is 7.33. The first-order valence-corrected chi connectivity index (χ1v) is 6.88. The zero-order valence-electron chi connectivity index (χ0n) is 11.1. The van der Waals surface area contributed by atoms with Gasteiger partial charge in [0.05, 0.1) is 12.2 Å². The first-order valence-electron chi connectivity index (χ1n) is 5.21. The summed E-state index contributed by atoms with van der Waals surface area (Å²) < 4.78 is 15.8. The van der Waals surface area contributed by atoms with Gasteiger partial charge in [0.25, 0.3) is 0 Å². The Morgan fingerprint density at radius 2 is 1.06 bits per heavy atom. The molecule has 7 heteroatoms. The smallest absolute Gasteiger partial charge is 0.362 e. The third-order valence-electron chi connectivity index (χ3n) is 1.61. The summed E-state index contributed by atoms with van der Waals surface area (Å²) in [5.41, 5.74) is 0. The Morgan fingerprint density at radius 1 is 0.750 bits per heavy atom. The van der Waals surface area contributed by atoms with Gasteiger partial charge in [0.2, 0.25) is 0 Å². The maximum atomic E-state index is 5.50. The molecule has 6 nitrogen and oxygen atoms in total. The van der Waals surface area contributed by atoms with Crippen molar-refractivity contribution in [2.24, 2.45) is 0 Å². The van der Waals surface area contributed by atoms with Crippen LogP contribution >= 0.6 is 0 Å². The van der Waals surface area contributed by atoms with Gasteiger partial charge in [-0.3, -0.25) is 9.68 Å². The fraction of sp³-hybridized carbons (Fsp3) is 1.00. The van der Waals surface area contributed by atoms with Crippen LogP contribution in [0.25, 0.3) is 0 Å². The Bertz CT molecular complexity index is 168. The lowest BCUT2D eigenvalue weighted by Gasteiger charge is -2.34. The second-order valence-corrected chi connectivity index (χ2v) is 6.34. The number of hydrogen-bond donors (Lipinski definition) is 0. The molecule has 0 bridgehead atoms. The summed E-state index contributed by atoms with van der Waals surface area (Å²) in [6, 6.07) is 0. The van der Waals surface area contributed by atoms with Gasteiger partial charge in [0.15, 0.2) is 0 Å². The van der Waals surface area contributed by atoms with Crippen LogP contribution < -0.4 is 0 Å². The monoisotopic (exact) mass is 253 g/mol. The average molecular weight is 253 g/mol. The molecule has 0 aliphatic rings. The number of hydrogen-bond acceptors (Lipinski definition) is 6. The molecule has 0 fully saturated rings. The van der Waals surface area contributed by atoms with E-state index in [2.05, 4.69) is 0 Å². The topological polar surface area (TPSA) is 49.4 Å². The van der Waals surface area contributed by atoms with E-state index in [1.165, 1.54) is 26.2 Å². The average Bonchev–Trinajstić information content (AvgIpc) is 2.19. The lowest BCUT2D eigenvalue weighted by Crippen LogP contribution is -2.60. The Kier molecular flexibility index (Phi) is 7.32. The van der Waals surface area contributed by atoms with E-state index in [0.29, 0.717) is 0 Å². The fourth-order valence-corrected chi connectivity index (χ4v) is 2.64. The Hall–Kier alpha value is -0.0231. The van der Waals surface area contributed by atoms with Gasteiger partial charge in [-0.15, -0.1) is 0 Å². The van der Waals surface area contributed by atoms with Gasteiger partial charge in [0, 0.05) is 21.3 Å². The fourth-order valence-electron chi connectivity index (χ4n) is 1.01. The normalized spacial score (nSPS) is 13.1. The van der Waals surface area contributed by atoms with Gasteiger partial charge in [-0.25, -0.2) is 0 Å². The first kappa shape index (κ1) is 16.0. The van der Waals surface area contributed by atoms with Crippen LogP contribution in [-0.2, 0) is 23.0 Å². The molecule has 0 aromatic heterocycles. The van der Waals surface area contributed by atoms with Crippen molar-refractivity contribution in [2.45, 2.75) is 39.9 Å². The van der Waals surface area contributed by atoms with Crippen LogP contribution in [0, 0.1) is 0 Å². The van der Waals surface area contributed by atoms with Crippen molar-refractivity contribution in [2.75, 3.05) is 21.3 Å². The Balaban J connectivity index is 4.80. The summed E-state index contributed by atoms with van der Waals surface area (Å²) in [7, 11) is 1.42. The SMILES string of the molecule is CO[Si](OC)(OC)N(OC(C)C)OC(C)C. The summed E-state index contributed by atoms with van der Waals surface area (Å²) in [5.74, 6) is 0. The minimum Gasteiger partial charge on any atom is -0.362 e. The maximum Gasteiger partial charge on any atom is 0.649 e. The number of nitrogens with zero attached hydrogens (tertiary/aromatic N) is 1. The van der Waals surface area contributed by atoms with Crippen molar-refractivity contribution in [3.8, 4) is 0 Å². The lowest BCUT2D eigenvalue weighted by atomic mass is 10.5. The van der Waals surface area contributed by atoms with E-state index in [4.69, 9.17) is 23.0 Å². The van der Waals surface area contributed by atoms with Crippen molar-refractivity contribution in [1.29, 1.82) is 0 Å². The lowest BCUT2D eigenvalue weighted by molar-refractivity contribution is -0.370. The zero-order chi connectivity index (χ0) is 12.8. The molecule has 0 amide bonds. The van der Waals surface area contributed by atoms with Crippen LogP contribution in [0.15, 0.2) is 0 Å². The molecule has 0 saturated heterocycles. The third kappa shape index (κ3) is 4.46.